The van der Waals surface area contributed by atoms with Crippen molar-refractivity contribution in [3.63, 3.8) is 0 Å². The van der Waals surface area contributed by atoms with Crippen LogP contribution in [-0.2, 0) is 11.3 Å². The number of aliphatic hydroxyl groups is 2. The normalized spacial score (nSPS) is 24.9. The predicted octanol–water partition coefficient (Wildman–Crippen LogP) is -0.255. The monoisotopic (exact) mass is 381 g/mol. The van der Waals surface area contributed by atoms with E-state index in [1.165, 1.54) is 31.2 Å². The molecule has 27 heavy (non-hydrogen) atoms. The van der Waals surface area contributed by atoms with Crippen molar-refractivity contribution in [3.8, 4) is 0 Å². The van der Waals surface area contributed by atoms with Crippen LogP contribution in [0.25, 0.3) is 0 Å². The molecule has 0 amide bonds. The molecule has 4 atom stereocenters. The fourth-order valence-electron chi connectivity index (χ4n) is 2.87. The summed E-state index contributed by atoms with van der Waals surface area (Å²) in [6, 6.07) is 5.07. The summed E-state index contributed by atoms with van der Waals surface area (Å²) in [4.78, 5) is 34.8. The zero-order valence-corrected chi connectivity index (χ0v) is 14.1. The summed E-state index contributed by atoms with van der Waals surface area (Å²) >= 11 is 0. The average molecular weight is 381 g/mol. The van der Waals surface area contributed by atoms with Crippen LogP contribution in [0.15, 0.2) is 40.1 Å². The third-order valence-corrected chi connectivity index (χ3v) is 4.39. The lowest BCUT2D eigenvalue weighted by Crippen LogP contribution is -2.44. The van der Waals surface area contributed by atoms with Crippen LogP contribution in [-0.4, -0.2) is 42.6 Å². The molecule has 1 aromatic heterocycles. The van der Waals surface area contributed by atoms with Gasteiger partial charge >= 0.3 is 5.69 Å². The second kappa shape index (κ2) is 7.02. The van der Waals surface area contributed by atoms with Crippen molar-refractivity contribution in [2.75, 3.05) is 0 Å². The van der Waals surface area contributed by atoms with Gasteiger partial charge in [-0.15, -0.1) is 0 Å². The first-order chi connectivity index (χ1) is 12.7. The van der Waals surface area contributed by atoms with Crippen LogP contribution in [0.3, 0.4) is 0 Å². The highest BCUT2D eigenvalue weighted by Gasteiger charge is 2.42. The molecule has 1 aliphatic rings. The lowest BCUT2D eigenvalue weighted by Gasteiger charge is -2.19. The zero-order chi connectivity index (χ0) is 19.9. The molecular weight excluding hydrogens is 365 g/mol. The molecule has 2 heterocycles. The molecule has 2 N–H and O–H groups in total. The van der Waals surface area contributed by atoms with Crippen LogP contribution in [0.1, 0.15) is 18.7 Å². The quantitative estimate of drug-likeness (QED) is 0.550. The highest BCUT2D eigenvalue weighted by molar-refractivity contribution is 5.32. The van der Waals surface area contributed by atoms with Crippen LogP contribution in [0.5, 0.6) is 0 Å². The third-order valence-electron chi connectivity index (χ3n) is 4.39. The Kier molecular flexibility index (Phi) is 4.91. The van der Waals surface area contributed by atoms with Crippen molar-refractivity contribution >= 4 is 5.69 Å². The molecule has 10 nitrogen and oxygen atoms in total. The fraction of sp³-hybridized carbons (Fsp3) is 0.375. The van der Waals surface area contributed by atoms with Gasteiger partial charge < -0.3 is 14.9 Å². The maximum Gasteiger partial charge on any atom is 0.333 e. The first-order valence-electron chi connectivity index (χ1n) is 7.97. The molecule has 0 spiro atoms. The minimum Gasteiger partial charge on any atom is -0.388 e. The number of hydrogen-bond donors (Lipinski definition) is 2. The second-order valence-electron chi connectivity index (χ2n) is 6.19. The maximum atomic E-state index is 14.1. The Labute approximate surface area is 150 Å². The number of ether oxygens (including phenoxy) is 1. The maximum absolute atomic E-state index is 14.1. The summed E-state index contributed by atoms with van der Waals surface area (Å²) in [5, 5.41) is 30.5. The molecule has 2 aromatic rings. The van der Waals surface area contributed by atoms with Gasteiger partial charge in [0.15, 0.2) is 6.23 Å². The molecule has 0 aliphatic carbocycles. The standard InChI is InChI=1S/C16H16FN3O7/c1-8-12(21)13(22)15(27-8)19-7-11(17)14(23)18(16(19)24)6-9-2-4-10(5-3-9)20(25)26/h2-5,7-8,12-13,15,21-22H,6H2,1H3/t8-,12-,13-,15-/m0/s1. The number of nitrogens with zero attached hydrogens (tertiary/aromatic N) is 3. The number of hydrogen-bond acceptors (Lipinski definition) is 7. The Bertz CT molecular complexity index is 985. The topological polar surface area (TPSA) is 137 Å². The molecule has 11 heteroatoms. The summed E-state index contributed by atoms with van der Waals surface area (Å²) in [6.45, 7) is 1.14. The van der Waals surface area contributed by atoms with Gasteiger partial charge in [-0.3, -0.25) is 24.0 Å². The van der Waals surface area contributed by atoms with Crippen LogP contribution in [0, 0.1) is 15.9 Å². The largest absolute Gasteiger partial charge is 0.388 e. The molecule has 1 fully saturated rings. The van der Waals surface area contributed by atoms with Crippen molar-refractivity contribution in [1.82, 2.24) is 9.13 Å². The Balaban J connectivity index is 2.01. The Hall–Kier alpha value is -2.89. The molecule has 0 unspecified atom stereocenters. The number of aliphatic hydroxyl groups excluding tert-OH is 2. The van der Waals surface area contributed by atoms with Crippen LogP contribution in [0.2, 0.25) is 0 Å². The van der Waals surface area contributed by atoms with Crippen LogP contribution in [0.4, 0.5) is 10.1 Å². The number of non-ortho nitro benzene ring substituents is 1. The highest BCUT2D eigenvalue weighted by atomic mass is 19.1. The van der Waals surface area contributed by atoms with Crippen molar-refractivity contribution in [2.45, 2.75) is 38.0 Å². The van der Waals surface area contributed by atoms with Gasteiger partial charge in [-0.05, 0) is 12.5 Å². The molecule has 3 rings (SSSR count). The predicted molar refractivity (Wildman–Crippen MR) is 88.7 cm³/mol. The van der Waals surface area contributed by atoms with Gasteiger partial charge in [0.2, 0.25) is 5.82 Å². The van der Waals surface area contributed by atoms with Crippen molar-refractivity contribution in [3.05, 3.63) is 72.8 Å². The van der Waals surface area contributed by atoms with Gasteiger partial charge in [0.25, 0.3) is 11.2 Å². The Morgan fingerprint density at radius 1 is 1.22 bits per heavy atom. The van der Waals surface area contributed by atoms with Crippen molar-refractivity contribution in [2.24, 2.45) is 0 Å². The number of nitro groups is 1. The van der Waals surface area contributed by atoms with E-state index in [4.69, 9.17) is 4.74 Å². The van der Waals surface area contributed by atoms with E-state index in [9.17, 15) is 34.3 Å². The van der Waals surface area contributed by atoms with Gasteiger partial charge in [0.1, 0.15) is 12.2 Å². The molecule has 0 bridgehead atoms. The highest BCUT2D eigenvalue weighted by Crippen LogP contribution is 2.27. The summed E-state index contributed by atoms with van der Waals surface area (Å²) in [5.41, 5.74) is -1.95. The van der Waals surface area contributed by atoms with Gasteiger partial charge in [0, 0.05) is 12.1 Å². The summed E-state index contributed by atoms with van der Waals surface area (Å²) in [7, 11) is 0. The number of rotatable bonds is 4. The fourth-order valence-corrected chi connectivity index (χ4v) is 2.87. The molecule has 0 radical (unpaired) electrons. The lowest BCUT2D eigenvalue weighted by atomic mass is 10.1. The van der Waals surface area contributed by atoms with Gasteiger partial charge in [0.05, 0.1) is 23.8 Å². The number of halogens is 1. The smallest absolute Gasteiger partial charge is 0.333 e. The number of benzene rings is 1. The SMILES string of the molecule is C[C@@H]1O[C@H](n2cc(F)c(=O)n(Cc3ccc([N+](=O)[O-])cc3)c2=O)[C@@H](O)[C@H]1O. The van der Waals surface area contributed by atoms with Gasteiger partial charge in [-0.2, -0.15) is 4.39 Å². The second-order valence-corrected chi connectivity index (χ2v) is 6.19. The van der Waals surface area contributed by atoms with E-state index >= 15 is 0 Å². The Morgan fingerprint density at radius 2 is 1.85 bits per heavy atom. The number of aromatic nitrogens is 2. The minimum atomic E-state index is -1.48. The summed E-state index contributed by atoms with van der Waals surface area (Å²) in [6.07, 6.45) is -4.30. The average Bonchev–Trinajstić information content (AvgIpc) is 2.89. The van der Waals surface area contributed by atoms with Crippen molar-refractivity contribution < 1.29 is 24.3 Å². The lowest BCUT2D eigenvalue weighted by molar-refractivity contribution is -0.384. The molecule has 144 valence electrons. The summed E-state index contributed by atoms with van der Waals surface area (Å²) in [5.74, 6) is -1.25. The van der Waals surface area contributed by atoms with E-state index in [1.807, 2.05) is 0 Å². The van der Waals surface area contributed by atoms with Crippen LogP contribution >= 0.6 is 0 Å². The van der Waals surface area contributed by atoms with E-state index in [0.717, 1.165) is 0 Å². The third kappa shape index (κ3) is 3.39. The van der Waals surface area contributed by atoms with E-state index in [1.54, 1.807) is 0 Å². The molecule has 1 aliphatic heterocycles. The molecule has 1 aromatic carbocycles. The van der Waals surface area contributed by atoms with E-state index in [-0.39, 0.29) is 12.2 Å². The van der Waals surface area contributed by atoms with E-state index < -0.39 is 46.5 Å². The van der Waals surface area contributed by atoms with Gasteiger partial charge in [-0.25, -0.2) is 4.79 Å². The van der Waals surface area contributed by atoms with E-state index in [2.05, 4.69) is 0 Å². The minimum absolute atomic E-state index is 0.173. The van der Waals surface area contributed by atoms with E-state index in [0.29, 0.717) is 20.9 Å². The molecule has 0 saturated carbocycles. The van der Waals surface area contributed by atoms with Crippen LogP contribution < -0.4 is 11.2 Å². The van der Waals surface area contributed by atoms with Crippen molar-refractivity contribution in [1.29, 1.82) is 0 Å². The Morgan fingerprint density at radius 3 is 2.37 bits per heavy atom. The van der Waals surface area contributed by atoms with Gasteiger partial charge in [-0.1, -0.05) is 12.1 Å². The zero-order valence-electron chi connectivity index (χ0n) is 14.1. The first-order valence-corrected chi connectivity index (χ1v) is 7.97. The molecular formula is C16H16FN3O7. The first kappa shape index (κ1) is 18.9. The molecule has 1 saturated heterocycles. The summed E-state index contributed by atoms with van der Waals surface area (Å²) < 4.78 is 20.7. The number of nitro benzene ring substituents is 1.